The van der Waals surface area contributed by atoms with Crippen molar-refractivity contribution in [1.82, 2.24) is 14.8 Å². The van der Waals surface area contributed by atoms with Gasteiger partial charge in [0.1, 0.15) is 0 Å². The third-order valence-electron chi connectivity index (χ3n) is 3.86. The first-order valence-corrected chi connectivity index (χ1v) is 8.89. The zero-order valence-corrected chi connectivity index (χ0v) is 14.8. The molecule has 0 saturated carbocycles. The van der Waals surface area contributed by atoms with Gasteiger partial charge >= 0.3 is 0 Å². The summed E-state index contributed by atoms with van der Waals surface area (Å²) in [5.74, 6) is 0.890. The Bertz CT molecular complexity index is 824. The van der Waals surface area contributed by atoms with Crippen molar-refractivity contribution in [1.29, 1.82) is 0 Å². The predicted molar refractivity (Wildman–Crippen MR) is 101 cm³/mol. The van der Waals surface area contributed by atoms with Gasteiger partial charge in [0.15, 0.2) is 11.0 Å². The van der Waals surface area contributed by atoms with Gasteiger partial charge < -0.3 is 0 Å². The van der Waals surface area contributed by atoms with E-state index in [0.717, 1.165) is 16.5 Å². The first-order valence-electron chi connectivity index (χ1n) is 8.02. The van der Waals surface area contributed by atoms with Crippen molar-refractivity contribution in [2.75, 3.05) is 0 Å². The van der Waals surface area contributed by atoms with Crippen LogP contribution >= 0.6 is 11.8 Å². The molecule has 0 aliphatic rings. The van der Waals surface area contributed by atoms with E-state index in [1.807, 2.05) is 12.1 Å². The topological polar surface area (TPSA) is 30.7 Å². The van der Waals surface area contributed by atoms with Gasteiger partial charge in [0, 0.05) is 17.4 Å². The quantitative estimate of drug-likeness (QED) is 0.453. The molecule has 0 spiro atoms. The lowest BCUT2D eigenvalue weighted by Gasteiger charge is -2.12. The van der Waals surface area contributed by atoms with Crippen LogP contribution in [0.2, 0.25) is 0 Å². The van der Waals surface area contributed by atoms with Crippen molar-refractivity contribution in [3.05, 3.63) is 78.4 Å². The molecule has 0 radical (unpaired) electrons. The third kappa shape index (κ3) is 3.60. The van der Waals surface area contributed by atoms with E-state index in [9.17, 15) is 0 Å². The van der Waals surface area contributed by atoms with Gasteiger partial charge in [0.05, 0.1) is 0 Å². The summed E-state index contributed by atoms with van der Waals surface area (Å²) in [7, 11) is 0. The van der Waals surface area contributed by atoms with Gasteiger partial charge in [0.2, 0.25) is 0 Å². The molecule has 0 amide bonds. The minimum atomic E-state index is 0.310. The second kappa shape index (κ2) is 7.49. The number of nitrogens with zero attached hydrogens (tertiary/aromatic N) is 3. The predicted octanol–water partition coefficient (Wildman–Crippen LogP) is 5.29. The summed E-state index contributed by atoms with van der Waals surface area (Å²) in [6, 6.07) is 18.8. The Balaban J connectivity index is 1.93. The minimum Gasteiger partial charge on any atom is -0.298 e. The van der Waals surface area contributed by atoms with E-state index in [2.05, 4.69) is 83.7 Å². The van der Waals surface area contributed by atoms with Crippen molar-refractivity contribution in [3.8, 4) is 11.4 Å². The zero-order valence-electron chi connectivity index (χ0n) is 14.0. The largest absolute Gasteiger partial charge is 0.298 e. The second-order valence-corrected chi connectivity index (χ2v) is 7.05. The van der Waals surface area contributed by atoms with Crippen LogP contribution in [0.1, 0.15) is 23.3 Å². The van der Waals surface area contributed by atoms with Gasteiger partial charge in [-0.3, -0.25) is 4.57 Å². The Labute approximate surface area is 147 Å². The molecule has 2 aromatic carbocycles. The normalized spacial score (nSPS) is 12.1. The van der Waals surface area contributed by atoms with Crippen LogP contribution in [0.15, 0.2) is 72.4 Å². The summed E-state index contributed by atoms with van der Waals surface area (Å²) in [6.45, 7) is 8.86. The SMILES string of the molecule is C=CCn1c(SC(C)c2ccccc2)nnc1-c1cccc(C)c1. The lowest BCUT2D eigenvalue weighted by Crippen LogP contribution is -2.01. The van der Waals surface area contributed by atoms with Gasteiger partial charge in [-0.25, -0.2) is 0 Å². The van der Waals surface area contributed by atoms with E-state index in [0.29, 0.717) is 11.8 Å². The molecule has 4 heteroatoms. The average Bonchev–Trinajstić information content (AvgIpc) is 2.99. The van der Waals surface area contributed by atoms with Crippen molar-refractivity contribution in [3.63, 3.8) is 0 Å². The van der Waals surface area contributed by atoms with Crippen LogP contribution in [-0.4, -0.2) is 14.8 Å². The molecule has 0 bridgehead atoms. The highest BCUT2D eigenvalue weighted by Gasteiger charge is 2.17. The molecule has 3 aromatic rings. The summed E-state index contributed by atoms with van der Waals surface area (Å²) in [6.07, 6.45) is 1.89. The van der Waals surface area contributed by atoms with Crippen LogP contribution in [-0.2, 0) is 6.54 Å². The fourth-order valence-electron chi connectivity index (χ4n) is 2.62. The van der Waals surface area contributed by atoms with E-state index < -0.39 is 0 Å². The fourth-order valence-corrected chi connectivity index (χ4v) is 3.60. The van der Waals surface area contributed by atoms with Crippen LogP contribution in [0.4, 0.5) is 0 Å². The number of thioether (sulfide) groups is 1. The first kappa shape index (κ1) is 16.5. The molecule has 1 atom stereocenters. The number of aromatic nitrogens is 3. The Morgan fingerprint density at radius 1 is 1.12 bits per heavy atom. The zero-order chi connectivity index (χ0) is 16.9. The molecule has 24 heavy (non-hydrogen) atoms. The molecule has 3 nitrogen and oxygen atoms in total. The van der Waals surface area contributed by atoms with Crippen LogP contribution < -0.4 is 0 Å². The summed E-state index contributed by atoms with van der Waals surface area (Å²) >= 11 is 1.72. The highest BCUT2D eigenvalue weighted by atomic mass is 32.2. The molecule has 0 N–H and O–H groups in total. The van der Waals surface area contributed by atoms with E-state index in [4.69, 9.17) is 0 Å². The van der Waals surface area contributed by atoms with Gasteiger partial charge in [-0.2, -0.15) is 0 Å². The highest BCUT2D eigenvalue weighted by Crippen LogP contribution is 2.35. The molecule has 0 saturated heterocycles. The second-order valence-electron chi connectivity index (χ2n) is 5.75. The maximum absolute atomic E-state index is 4.44. The van der Waals surface area contributed by atoms with Gasteiger partial charge in [-0.1, -0.05) is 71.9 Å². The summed E-state index contributed by atoms with van der Waals surface area (Å²) in [5, 5.41) is 10.1. The van der Waals surface area contributed by atoms with Crippen LogP contribution in [0.5, 0.6) is 0 Å². The maximum Gasteiger partial charge on any atom is 0.192 e. The Kier molecular flexibility index (Phi) is 5.16. The maximum atomic E-state index is 4.44. The molecular formula is C20H21N3S. The number of benzene rings is 2. The van der Waals surface area contributed by atoms with Crippen molar-refractivity contribution in [2.45, 2.75) is 30.8 Å². The van der Waals surface area contributed by atoms with E-state index in [1.54, 1.807) is 11.8 Å². The number of hydrogen-bond acceptors (Lipinski definition) is 3. The summed E-state index contributed by atoms with van der Waals surface area (Å²) < 4.78 is 2.13. The molecule has 122 valence electrons. The Hall–Kier alpha value is -2.33. The summed E-state index contributed by atoms with van der Waals surface area (Å²) in [4.78, 5) is 0. The number of hydrogen-bond donors (Lipinski definition) is 0. The molecule has 1 aromatic heterocycles. The van der Waals surface area contributed by atoms with E-state index in [1.165, 1.54) is 11.1 Å². The van der Waals surface area contributed by atoms with Crippen LogP contribution in [0.3, 0.4) is 0 Å². The lowest BCUT2D eigenvalue weighted by molar-refractivity contribution is 0.729. The van der Waals surface area contributed by atoms with E-state index in [-0.39, 0.29) is 0 Å². The number of rotatable bonds is 6. The highest BCUT2D eigenvalue weighted by molar-refractivity contribution is 7.99. The Morgan fingerprint density at radius 2 is 1.92 bits per heavy atom. The van der Waals surface area contributed by atoms with Crippen LogP contribution in [0.25, 0.3) is 11.4 Å². The molecule has 3 rings (SSSR count). The lowest BCUT2D eigenvalue weighted by atomic mass is 10.1. The number of aryl methyl sites for hydroxylation is 1. The van der Waals surface area contributed by atoms with Crippen molar-refractivity contribution < 1.29 is 0 Å². The number of allylic oxidation sites excluding steroid dienone is 1. The average molecular weight is 335 g/mol. The molecule has 1 heterocycles. The van der Waals surface area contributed by atoms with Crippen molar-refractivity contribution in [2.24, 2.45) is 0 Å². The van der Waals surface area contributed by atoms with Crippen molar-refractivity contribution >= 4 is 11.8 Å². The van der Waals surface area contributed by atoms with E-state index >= 15 is 0 Å². The fraction of sp³-hybridized carbons (Fsp3) is 0.200. The third-order valence-corrected chi connectivity index (χ3v) is 4.99. The molecule has 1 unspecified atom stereocenters. The minimum absolute atomic E-state index is 0.310. The first-order chi connectivity index (χ1) is 11.7. The molecular weight excluding hydrogens is 314 g/mol. The molecule has 0 aliphatic heterocycles. The van der Waals surface area contributed by atoms with Gasteiger partial charge in [0.25, 0.3) is 0 Å². The van der Waals surface area contributed by atoms with Gasteiger partial charge in [-0.05, 0) is 25.5 Å². The monoisotopic (exact) mass is 335 g/mol. The molecule has 0 aliphatic carbocycles. The van der Waals surface area contributed by atoms with Crippen LogP contribution in [0, 0.1) is 6.92 Å². The van der Waals surface area contributed by atoms with Gasteiger partial charge in [-0.15, -0.1) is 16.8 Å². The standard InChI is InChI=1S/C20H21N3S/c1-4-13-23-19(18-12-8-9-15(2)14-18)21-22-20(23)24-16(3)17-10-6-5-7-11-17/h4-12,14,16H,1,13H2,2-3H3. The summed E-state index contributed by atoms with van der Waals surface area (Å²) in [5.41, 5.74) is 3.59. The smallest absolute Gasteiger partial charge is 0.192 e. The Morgan fingerprint density at radius 3 is 2.62 bits per heavy atom. The molecule has 0 fully saturated rings.